The summed E-state index contributed by atoms with van der Waals surface area (Å²) in [4.78, 5) is 11.7. The Morgan fingerprint density at radius 3 is 2.71 bits per heavy atom. The summed E-state index contributed by atoms with van der Waals surface area (Å²) < 4.78 is 11.4. The summed E-state index contributed by atoms with van der Waals surface area (Å²) in [5.41, 5.74) is 1.16. The number of hydrogen-bond acceptors (Lipinski definition) is 3. The molecule has 1 aliphatic heterocycles. The Bertz CT molecular complexity index is 497. The van der Waals surface area contributed by atoms with E-state index in [1.165, 1.54) is 19.3 Å². The van der Waals surface area contributed by atoms with Crippen molar-refractivity contribution >= 4 is 5.97 Å². The lowest BCUT2D eigenvalue weighted by Crippen LogP contribution is -2.47. The van der Waals surface area contributed by atoms with Gasteiger partial charge >= 0.3 is 5.97 Å². The van der Waals surface area contributed by atoms with E-state index < -0.39 is 0 Å². The minimum absolute atomic E-state index is 0.0137. The molecule has 1 saturated heterocycles. The minimum Gasteiger partial charge on any atom is -0.461 e. The second-order valence-electron chi connectivity index (χ2n) is 6.61. The molecule has 2 rings (SSSR count). The van der Waals surface area contributed by atoms with Crippen LogP contribution in [-0.2, 0) is 20.9 Å². The summed E-state index contributed by atoms with van der Waals surface area (Å²) in [6.45, 7) is 6.61. The molecule has 0 spiro atoms. The lowest BCUT2D eigenvalue weighted by atomic mass is 9.87. The molecule has 1 heterocycles. The number of cyclic esters (lactones) is 1. The van der Waals surface area contributed by atoms with Gasteiger partial charge in [-0.2, -0.15) is 0 Å². The molecule has 1 fully saturated rings. The van der Waals surface area contributed by atoms with Crippen LogP contribution < -0.4 is 0 Å². The number of rotatable bonds is 12. The highest BCUT2D eigenvalue weighted by Crippen LogP contribution is 2.32. The summed E-state index contributed by atoms with van der Waals surface area (Å²) in [7, 11) is 0. The van der Waals surface area contributed by atoms with Crippen LogP contribution >= 0.6 is 0 Å². The van der Waals surface area contributed by atoms with Crippen LogP contribution in [0.25, 0.3) is 0 Å². The third kappa shape index (κ3) is 5.79. The highest BCUT2D eigenvalue weighted by atomic mass is 16.6. The van der Waals surface area contributed by atoms with Gasteiger partial charge in [-0.25, -0.2) is 0 Å². The fraction of sp³-hybridized carbons (Fsp3) is 0.571. The van der Waals surface area contributed by atoms with Gasteiger partial charge in [0.15, 0.2) is 0 Å². The van der Waals surface area contributed by atoms with Crippen LogP contribution in [0.1, 0.15) is 57.4 Å². The van der Waals surface area contributed by atoms with Crippen LogP contribution in [0.15, 0.2) is 43.0 Å². The number of carbonyl (C=O) groups is 1. The Balaban J connectivity index is 1.78. The Hall–Kier alpha value is -1.61. The lowest BCUT2D eigenvalue weighted by molar-refractivity contribution is -0.189. The van der Waals surface area contributed by atoms with E-state index in [1.54, 1.807) is 0 Å². The third-order valence-electron chi connectivity index (χ3n) is 4.64. The van der Waals surface area contributed by atoms with Gasteiger partial charge in [0.05, 0.1) is 18.6 Å². The molecular weight excluding hydrogens is 300 g/mol. The average Bonchev–Trinajstić information content (AvgIpc) is 2.60. The first-order valence-corrected chi connectivity index (χ1v) is 9.21. The largest absolute Gasteiger partial charge is 0.461 e. The van der Waals surface area contributed by atoms with E-state index in [0.29, 0.717) is 6.61 Å². The number of esters is 1. The Morgan fingerprint density at radius 2 is 2.04 bits per heavy atom. The van der Waals surface area contributed by atoms with E-state index in [-0.39, 0.29) is 24.1 Å². The Labute approximate surface area is 146 Å². The molecule has 1 aromatic rings. The maximum Gasteiger partial charge on any atom is 0.313 e. The first kappa shape index (κ1) is 18.7. The van der Waals surface area contributed by atoms with Crippen molar-refractivity contribution < 1.29 is 14.3 Å². The predicted octanol–water partition coefficient (Wildman–Crippen LogP) is 5.05. The summed E-state index contributed by atoms with van der Waals surface area (Å²) >= 11 is 0. The highest BCUT2D eigenvalue weighted by Gasteiger charge is 2.42. The van der Waals surface area contributed by atoms with Crippen molar-refractivity contribution in [1.29, 1.82) is 0 Å². The third-order valence-corrected chi connectivity index (χ3v) is 4.64. The number of carbonyl (C=O) groups excluding carboxylic acids is 1. The van der Waals surface area contributed by atoms with Crippen LogP contribution in [0, 0.1) is 5.92 Å². The molecule has 0 unspecified atom stereocenters. The highest BCUT2D eigenvalue weighted by molar-refractivity contribution is 5.78. The number of unbranched alkanes of at least 4 members (excludes halogenated alkanes) is 3. The first-order chi connectivity index (χ1) is 11.7. The normalized spacial score (nSPS) is 21.0. The zero-order valence-corrected chi connectivity index (χ0v) is 14.8. The number of benzene rings is 1. The van der Waals surface area contributed by atoms with Gasteiger partial charge in [-0.05, 0) is 18.4 Å². The molecule has 1 aromatic carbocycles. The summed E-state index contributed by atoms with van der Waals surface area (Å²) in [5, 5.41) is 0. The molecule has 0 aliphatic carbocycles. The maximum absolute atomic E-state index is 11.7. The van der Waals surface area contributed by atoms with Gasteiger partial charge in [0.2, 0.25) is 0 Å². The van der Waals surface area contributed by atoms with E-state index in [9.17, 15) is 4.79 Å². The van der Waals surface area contributed by atoms with Crippen molar-refractivity contribution in [2.75, 3.05) is 0 Å². The summed E-state index contributed by atoms with van der Waals surface area (Å²) in [5.74, 6) is 0.0337. The van der Waals surface area contributed by atoms with Crippen molar-refractivity contribution in [2.45, 2.75) is 70.7 Å². The van der Waals surface area contributed by atoms with E-state index in [2.05, 4.69) is 25.6 Å². The fourth-order valence-electron chi connectivity index (χ4n) is 3.17. The fourth-order valence-corrected chi connectivity index (χ4v) is 3.17. The molecule has 0 bridgehead atoms. The SMILES string of the molecule is C=CC[C@H](C[C@H]1OC(=O)[C@@H]1CCCCCC)OCc1ccccc1. The molecular formula is C21H30O3. The van der Waals surface area contributed by atoms with Crippen molar-refractivity contribution in [2.24, 2.45) is 5.92 Å². The molecule has 0 N–H and O–H groups in total. The van der Waals surface area contributed by atoms with Gasteiger partial charge in [0.25, 0.3) is 0 Å². The second kappa shape index (κ2) is 10.3. The molecule has 3 heteroatoms. The number of ether oxygens (including phenoxy) is 2. The number of hydrogen-bond donors (Lipinski definition) is 0. The van der Waals surface area contributed by atoms with E-state index >= 15 is 0 Å². The van der Waals surface area contributed by atoms with E-state index in [0.717, 1.165) is 31.2 Å². The smallest absolute Gasteiger partial charge is 0.313 e. The minimum atomic E-state index is -0.0306. The molecule has 1 aliphatic rings. The molecule has 3 nitrogen and oxygen atoms in total. The van der Waals surface area contributed by atoms with Crippen molar-refractivity contribution in [1.82, 2.24) is 0 Å². The average molecular weight is 330 g/mol. The van der Waals surface area contributed by atoms with Crippen LogP contribution in [-0.4, -0.2) is 18.2 Å². The quantitative estimate of drug-likeness (QED) is 0.306. The van der Waals surface area contributed by atoms with Gasteiger partial charge in [-0.3, -0.25) is 4.79 Å². The predicted molar refractivity (Wildman–Crippen MR) is 96.6 cm³/mol. The lowest BCUT2D eigenvalue weighted by Gasteiger charge is -2.37. The molecule has 0 saturated carbocycles. The standard InChI is InChI=1S/C21H30O3/c1-3-5-6-10-14-19-20(24-21(19)22)15-18(11-4-2)23-16-17-12-8-7-9-13-17/h4,7-9,12-13,18-20H,2-3,5-6,10-11,14-16H2,1H3/t18-,19-,20-/m1/s1. The van der Waals surface area contributed by atoms with Crippen LogP contribution in [0.3, 0.4) is 0 Å². The zero-order valence-electron chi connectivity index (χ0n) is 14.8. The molecule has 0 amide bonds. The van der Waals surface area contributed by atoms with Gasteiger partial charge in [0.1, 0.15) is 6.10 Å². The van der Waals surface area contributed by atoms with Crippen LogP contribution in [0.5, 0.6) is 0 Å². The van der Waals surface area contributed by atoms with Crippen molar-refractivity contribution in [3.63, 3.8) is 0 Å². The van der Waals surface area contributed by atoms with Gasteiger partial charge in [0, 0.05) is 6.42 Å². The van der Waals surface area contributed by atoms with Gasteiger partial charge in [-0.15, -0.1) is 6.58 Å². The van der Waals surface area contributed by atoms with Crippen LogP contribution in [0.2, 0.25) is 0 Å². The molecule has 0 radical (unpaired) electrons. The topological polar surface area (TPSA) is 35.5 Å². The second-order valence-corrected chi connectivity index (χ2v) is 6.61. The molecule has 24 heavy (non-hydrogen) atoms. The van der Waals surface area contributed by atoms with E-state index in [4.69, 9.17) is 9.47 Å². The van der Waals surface area contributed by atoms with Crippen molar-refractivity contribution in [3.8, 4) is 0 Å². The van der Waals surface area contributed by atoms with Crippen LogP contribution in [0.4, 0.5) is 0 Å². The molecule has 3 atom stereocenters. The van der Waals surface area contributed by atoms with Gasteiger partial charge < -0.3 is 9.47 Å². The van der Waals surface area contributed by atoms with Crippen molar-refractivity contribution in [3.05, 3.63) is 48.6 Å². The zero-order chi connectivity index (χ0) is 17.2. The molecule has 0 aromatic heterocycles. The summed E-state index contributed by atoms with van der Waals surface area (Å²) in [6.07, 6.45) is 9.22. The van der Waals surface area contributed by atoms with E-state index in [1.807, 2.05) is 24.3 Å². The maximum atomic E-state index is 11.7. The molecule has 132 valence electrons. The first-order valence-electron chi connectivity index (χ1n) is 9.21. The summed E-state index contributed by atoms with van der Waals surface area (Å²) in [6, 6.07) is 10.2. The monoisotopic (exact) mass is 330 g/mol. The Kier molecular flexibility index (Phi) is 8.03. The van der Waals surface area contributed by atoms with Gasteiger partial charge in [-0.1, -0.05) is 69.0 Å². The Morgan fingerprint density at radius 1 is 1.25 bits per heavy atom.